The van der Waals surface area contributed by atoms with Gasteiger partial charge in [-0.15, -0.1) is 0 Å². The Morgan fingerprint density at radius 2 is 2.06 bits per heavy atom. The first-order valence-corrected chi connectivity index (χ1v) is 6.29. The van der Waals surface area contributed by atoms with Gasteiger partial charge in [-0.05, 0) is 26.0 Å². The van der Waals surface area contributed by atoms with Gasteiger partial charge in [0.1, 0.15) is 5.54 Å². The van der Waals surface area contributed by atoms with Gasteiger partial charge in [0.15, 0.2) is 0 Å². The standard InChI is InChI=1S/C12H14BrN3O2/c1-12(2)10(17)16(11(18)15-12)6-7-8(13)4-3-5-9(7)14/h3-5H,6,14H2,1-2H3,(H,15,18). The number of hydrogen-bond donors (Lipinski definition) is 2. The van der Waals surface area contributed by atoms with E-state index in [9.17, 15) is 9.59 Å². The maximum atomic E-state index is 12.1. The average molecular weight is 312 g/mol. The third-order valence-corrected chi connectivity index (χ3v) is 3.66. The fraction of sp³-hybridized carbons (Fsp3) is 0.333. The molecule has 1 aromatic carbocycles. The van der Waals surface area contributed by atoms with Gasteiger partial charge in [-0.25, -0.2) is 4.79 Å². The van der Waals surface area contributed by atoms with E-state index in [-0.39, 0.29) is 18.5 Å². The molecule has 0 bridgehead atoms. The highest BCUT2D eigenvalue weighted by molar-refractivity contribution is 9.10. The predicted octanol–water partition coefficient (Wildman–Crippen LogP) is 1.86. The number of rotatable bonds is 2. The molecule has 0 radical (unpaired) electrons. The van der Waals surface area contributed by atoms with E-state index in [2.05, 4.69) is 21.2 Å². The fourth-order valence-electron chi connectivity index (χ4n) is 1.86. The largest absolute Gasteiger partial charge is 0.398 e. The van der Waals surface area contributed by atoms with E-state index in [0.717, 1.165) is 10.0 Å². The first-order chi connectivity index (χ1) is 8.33. The van der Waals surface area contributed by atoms with Crippen molar-refractivity contribution in [2.45, 2.75) is 25.9 Å². The second-order valence-corrected chi connectivity index (χ2v) is 5.61. The van der Waals surface area contributed by atoms with Crippen molar-refractivity contribution >= 4 is 33.6 Å². The van der Waals surface area contributed by atoms with Gasteiger partial charge in [-0.3, -0.25) is 9.69 Å². The van der Waals surface area contributed by atoms with Gasteiger partial charge < -0.3 is 11.1 Å². The lowest BCUT2D eigenvalue weighted by Crippen LogP contribution is -2.40. The fourth-order valence-corrected chi connectivity index (χ4v) is 2.37. The Bertz CT molecular complexity index is 508. The van der Waals surface area contributed by atoms with Gasteiger partial charge in [0.05, 0.1) is 6.54 Å². The second kappa shape index (κ2) is 4.28. The summed E-state index contributed by atoms with van der Waals surface area (Å²) in [4.78, 5) is 25.0. The van der Waals surface area contributed by atoms with Crippen molar-refractivity contribution in [2.75, 3.05) is 5.73 Å². The highest BCUT2D eigenvalue weighted by atomic mass is 79.9. The van der Waals surface area contributed by atoms with Crippen LogP contribution in [-0.4, -0.2) is 22.4 Å². The summed E-state index contributed by atoms with van der Waals surface area (Å²) in [5.74, 6) is -0.248. The first kappa shape index (κ1) is 12.9. The number of nitrogens with zero attached hydrogens (tertiary/aromatic N) is 1. The highest BCUT2D eigenvalue weighted by Gasteiger charge is 2.44. The van der Waals surface area contributed by atoms with Crippen LogP contribution in [0.2, 0.25) is 0 Å². The molecule has 2 rings (SSSR count). The molecule has 18 heavy (non-hydrogen) atoms. The van der Waals surface area contributed by atoms with Gasteiger partial charge >= 0.3 is 6.03 Å². The Labute approximate surface area is 113 Å². The lowest BCUT2D eigenvalue weighted by atomic mass is 10.1. The SMILES string of the molecule is CC1(C)NC(=O)N(Cc2c(N)cccc2Br)C1=O. The van der Waals surface area contributed by atoms with Crippen LogP contribution in [0.25, 0.3) is 0 Å². The van der Waals surface area contributed by atoms with E-state index in [1.165, 1.54) is 4.90 Å². The van der Waals surface area contributed by atoms with Crippen LogP contribution in [0.15, 0.2) is 22.7 Å². The molecule has 5 nitrogen and oxygen atoms in total. The smallest absolute Gasteiger partial charge is 0.325 e. The van der Waals surface area contributed by atoms with Crippen LogP contribution >= 0.6 is 15.9 Å². The normalized spacial score (nSPS) is 18.1. The van der Waals surface area contributed by atoms with Crippen LogP contribution in [0.4, 0.5) is 10.5 Å². The molecule has 0 unspecified atom stereocenters. The van der Waals surface area contributed by atoms with E-state index >= 15 is 0 Å². The Kier molecular flexibility index (Phi) is 3.06. The van der Waals surface area contributed by atoms with Gasteiger partial charge in [0.25, 0.3) is 5.91 Å². The maximum Gasteiger partial charge on any atom is 0.325 e. The molecule has 1 heterocycles. The minimum absolute atomic E-state index is 0.168. The summed E-state index contributed by atoms with van der Waals surface area (Å²) >= 11 is 3.37. The summed E-state index contributed by atoms with van der Waals surface area (Å²) in [5, 5.41) is 2.63. The molecule has 1 aliphatic rings. The zero-order valence-electron chi connectivity index (χ0n) is 10.2. The quantitative estimate of drug-likeness (QED) is 0.646. The number of halogens is 1. The Hall–Kier alpha value is -1.56. The topological polar surface area (TPSA) is 75.4 Å². The lowest BCUT2D eigenvalue weighted by molar-refractivity contribution is -0.130. The summed E-state index contributed by atoms with van der Waals surface area (Å²) in [7, 11) is 0. The molecule has 0 aliphatic carbocycles. The van der Waals surface area contributed by atoms with E-state index in [4.69, 9.17) is 5.73 Å². The number of nitrogens with two attached hydrogens (primary N) is 1. The van der Waals surface area contributed by atoms with E-state index < -0.39 is 5.54 Å². The Morgan fingerprint density at radius 1 is 1.39 bits per heavy atom. The summed E-state index contributed by atoms with van der Waals surface area (Å²) in [6.07, 6.45) is 0. The molecule has 0 saturated carbocycles. The third kappa shape index (κ3) is 2.08. The number of benzene rings is 1. The number of imide groups is 1. The zero-order chi connectivity index (χ0) is 13.5. The van der Waals surface area contributed by atoms with Crippen molar-refractivity contribution in [3.05, 3.63) is 28.2 Å². The monoisotopic (exact) mass is 311 g/mol. The molecule has 1 saturated heterocycles. The minimum atomic E-state index is -0.854. The second-order valence-electron chi connectivity index (χ2n) is 4.75. The van der Waals surface area contributed by atoms with Crippen LogP contribution in [-0.2, 0) is 11.3 Å². The van der Waals surface area contributed by atoms with Crippen molar-refractivity contribution in [1.29, 1.82) is 0 Å². The van der Waals surface area contributed by atoms with Gasteiger partial charge in [0, 0.05) is 15.7 Å². The van der Waals surface area contributed by atoms with E-state index in [1.54, 1.807) is 26.0 Å². The van der Waals surface area contributed by atoms with Crippen LogP contribution in [0.1, 0.15) is 19.4 Å². The van der Waals surface area contributed by atoms with Crippen molar-refractivity contribution in [3.8, 4) is 0 Å². The van der Waals surface area contributed by atoms with Gasteiger partial charge in [-0.2, -0.15) is 0 Å². The highest BCUT2D eigenvalue weighted by Crippen LogP contribution is 2.27. The average Bonchev–Trinajstić information content (AvgIpc) is 2.45. The number of nitrogens with one attached hydrogen (secondary N) is 1. The summed E-state index contributed by atoms with van der Waals surface area (Å²) in [5.41, 5.74) is 6.29. The first-order valence-electron chi connectivity index (χ1n) is 5.50. The molecule has 1 fully saturated rings. The molecule has 96 valence electrons. The lowest BCUT2D eigenvalue weighted by Gasteiger charge is -2.17. The van der Waals surface area contributed by atoms with Crippen molar-refractivity contribution in [1.82, 2.24) is 10.2 Å². The Morgan fingerprint density at radius 3 is 2.56 bits per heavy atom. The number of amides is 3. The molecule has 3 amide bonds. The van der Waals surface area contributed by atoms with Crippen molar-refractivity contribution in [3.63, 3.8) is 0 Å². The molecule has 0 atom stereocenters. The van der Waals surface area contributed by atoms with Gasteiger partial charge in [0.2, 0.25) is 0 Å². The molecule has 0 spiro atoms. The zero-order valence-corrected chi connectivity index (χ0v) is 11.7. The van der Waals surface area contributed by atoms with Gasteiger partial charge in [-0.1, -0.05) is 22.0 Å². The number of nitrogen functional groups attached to an aromatic ring is 1. The van der Waals surface area contributed by atoms with Crippen molar-refractivity contribution < 1.29 is 9.59 Å². The maximum absolute atomic E-state index is 12.1. The number of anilines is 1. The summed E-state index contributed by atoms with van der Waals surface area (Å²) in [6.45, 7) is 3.52. The van der Waals surface area contributed by atoms with E-state index in [0.29, 0.717) is 5.69 Å². The molecule has 3 N–H and O–H groups in total. The van der Waals surface area contributed by atoms with Crippen LogP contribution in [0, 0.1) is 0 Å². The molecule has 1 aliphatic heterocycles. The number of carbonyl (C=O) groups is 2. The summed E-state index contributed by atoms with van der Waals surface area (Å²) in [6, 6.07) is 4.98. The number of hydrogen-bond acceptors (Lipinski definition) is 3. The predicted molar refractivity (Wildman–Crippen MR) is 71.7 cm³/mol. The van der Waals surface area contributed by atoms with Crippen LogP contribution in [0.5, 0.6) is 0 Å². The van der Waals surface area contributed by atoms with Crippen LogP contribution < -0.4 is 11.1 Å². The third-order valence-electron chi connectivity index (χ3n) is 2.92. The Balaban J connectivity index is 2.30. The van der Waals surface area contributed by atoms with E-state index in [1.807, 2.05) is 6.07 Å². The van der Waals surface area contributed by atoms with Crippen LogP contribution in [0.3, 0.4) is 0 Å². The molecule has 0 aromatic heterocycles. The van der Waals surface area contributed by atoms with Crippen molar-refractivity contribution in [2.24, 2.45) is 0 Å². The summed E-state index contributed by atoms with van der Waals surface area (Å²) < 4.78 is 0.785. The molecular formula is C12H14BrN3O2. The molecule has 1 aromatic rings. The minimum Gasteiger partial charge on any atom is -0.398 e. The number of carbonyl (C=O) groups excluding carboxylic acids is 2. The molecular weight excluding hydrogens is 298 g/mol. The molecule has 6 heteroatoms. The number of urea groups is 1.